The van der Waals surface area contributed by atoms with Gasteiger partial charge in [0.25, 0.3) is 0 Å². The Morgan fingerprint density at radius 2 is 1.61 bits per heavy atom. The standard InChI is InChI=1S/C20H28O3/c1-9-10-23-18(22)13(2)14-11-15(19(3,4)5)17(21)16(12-14)20(6,7)8/h1,11-13,21H,10H2,2-8H3. The van der Waals surface area contributed by atoms with Crippen LogP contribution < -0.4 is 0 Å². The summed E-state index contributed by atoms with van der Waals surface area (Å²) < 4.78 is 5.05. The highest BCUT2D eigenvalue weighted by Gasteiger charge is 2.29. The molecule has 0 aromatic heterocycles. The number of esters is 1. The molecule has 0 spiro atoms. The van der Waals surface area contributed by atoms with Crippen LogP contribution in [-0.2, 0) is 20.4 Å². The zero-order valence-electron chi connectivity index (χ0n) is 15.3. The molecule has 0 aliphatic heterocycles. The molecule has 1 rings (SSSR count). The van der Waals surface area contributed by atoms with Gasteiger partial charge in [-0.25, -0.2) is 0 Å². The van der Waals surface area contributed by atoms with Gasteiger partial charge in [0, 0.05) is 0 Å². The van der Waals surface area contributed by atoms with Crippen molar-refractivity contribution >= 4 is 5.97 Å². The molecule has 0 saturated heterocycles. The number of aromatic hydroxyl groups is 1. The molecule has 1 N–H and O–H groups in total. The van der Waals surface area contributed by atoms with Crippen LogP contribution in [0.5, 0.6) is 5.75 Å². The average molecular weight is 316 g/mol. The zero-order chi connectivity index (χ0) is 18.0. The summed E-state index contributed by atoms with van der Waals surface area (Å²) >= 11 is 0. The third kappa shape index (κ3) is 4.51. The van der Waals surface area contributed by atoms with E-state index in [1.807, 2.05) is 53.7 Å². The van der Waals surface area contributed by atoms with Crippen molar-refractivity contribution in [1.82, 2.24) is 0 Å². The van der Waals surface area contributed by atoms with Crippen LogP contribution >= 0.6 is 0 Å². The largest absolute Gasteiger partial charge is 0.507 e. The van der Waals surface area contributed by atoms with Gasteiger partial charge in [-0.15, -0.1) is 6.42 Å². The van der Waals surface area contributed by atoms with Gasteiger partial charge >= 0.3 is 5.97 Å². The fourth-order valence-electron chi connectivity index (χ4n) is 2.42. The summed E-state index contributed by atoms with van der Waals surface area (Å²) in [4.78, 5) is 12.1. The Balaban J connectivity index is 3.45. The number of ether oxygens (including phenoxy) is 1. The number of phenols is 1. The molecule has 0 aliphatic carbocycles. The zero-order valence-corrected chi connectivity index (χ0v) is 15.3. The van der Waals surface area contributed by atoms with E-state index in [9.17, 15) is 9.90 Å². The summed E-state index contributed by atoms with van der Waals surface area (Å²) in [5, 5.41) is 10.7. The molecule has 0 bridgehead atoms. The minimum Gasteiger partial charge on any atom is -0.507 e. The van der Waals surface area contributed by atoms with Gasteiger partial charge in [-0.3, -0.25) is 4.79 Å². The maximum absolute atomic E-state index is 12.1. The third-order valence-electron chi connectivity index (χ3n) is 3.90. The van der Waals surface area contributed by atoms with Gasteiger partial charge in [0.15, 0.2) is 6.61 Å². The van der Waals surface area contributed by atoms with Gasteiger partial charge in [0.1, 0.15) is 5.75 Å². The molecule has 23 heavy (non-hydrogen) atoms. The fourth-order valence-corrected chi connectivity index (χ4v) is 2.42. The first-order valence-corrected chi connectivity index (χ1v) is 7.87. The minimum atomic E-state index is -0.439. The summed E-state index contributed by atoms with van der Waals surface area (Å²) in [7, 11) is 0. The van der Waals surface area contributed by atoms with Gasteiger partial charge < -0.3 is 9.84 Å². The van der Waals surface area contributed by atoms with Crippen LogP contribution in [0.2, 0.25) is 0 Å². The number of carbonyl (C=O) groups excluding carboxylic acids is 1. The second-order valence-corrected chi connectivity index (χ2v) is 8.00. The van der Waals surface area contributed by atoms with E-state index < -0.39 is 5.92 Å². The maximum Gasteiger partial charge on any atom is 0.314 e. The number of carbonyl (C=O) groups is 1. The first kappa shape index (κ1) is 19.1. The van der Waals surface area contributed by atoms with Crippen LogP contribution in [-0.4, -0.2) is 17.7 Å². The Labute approximate surface area is 140 Å². The normalized spacial score (nSPS) is 13.3. The van der Waals surface area contributed by atoms with E-state index in [2.05, 4.69) is 5.92 Å². The van der Waals surface area contributed by atoms with Crippen molar-refractivity contribution in [2.24, 2.45) is 0 Å². The van der Waals surface area contributed by atoms with E-state index in [1.54, 1.807) is 6.92 Å². The number of hydrogen-bond donors (Lipinski definition) is 1. The molecule has 0 heterocycles. The highest BCUT2D eigenvalue weighted by molar-refractivity contribution is 5.78. The van der Waals surface area contributed by atoms with Crippen molar-refractivity contribution in [2.75, 3.05) is 6.61 Å². The second kappa shape index (κ2) is 6.66. The van der Waals surface area contributed by atoms with Crippen LogP contribution in [0.15, 0.2) is 12.1 Å². The average Bonchev–Trinajstić information content (AvgIpc) is 2.41. The lowest BCUT2D eigenvalue weighted by atomic mass is 9.77. The topological polar surface area (TPSA) is 46.5 Å². The third-order valence-corrected chi connectivity index (χ3v) is 3.90. The van der Waals surface area contributed by atoms with E-state index in [0.717, 1.165) is 16.7 Å². The Hall–Kier alpha value is -1.95. The molecule has 0 saturated carbocycles. The summed E-state index contributed by atoms with van der Waals surface area (Å²) in [6.45, 7) is 14.0. The molecule has 3 heteroatoms. The smallest absolute Gasteiger partial charge is 0.314 e. The molecule has 0 aliphatic rings. The van der Waals surface area contributed by atoms with Crippen LogP contribution in [0.4, 0.5) is 0 Å². The van der Waals surface area contributed by atoms with Gasteiger partial charge in [-0.1, -0.05) is 59.6 Å². The number of phenolic OH excluding ortho intramolecular Hbond substituents is 1. The van der Waals surface area contributed by atoms with E-state index >= 15 is 0 Å². The van der Waals surface area contributed by atoms with E-state index in [1.165, 1.54) is 0 Å². The summed E-state index contributed by atoms with van der Waals surface area (Å²) in [6, 6.07) is 3.79. The lowest BCUT2D eigenvalue weighted by Gasteiger charge is -2.29. The summed E-state index contributed by atoms with van der Waals surface area (Å²) in [6.07, 6.45) is 5.14. The Kier molecular flexibility index (Phi) is 5.53. The van der Waals surface area contributed by atoms with Gasteiger partial charge in [0.2, 0.25) is 0 Å². The predicted octanol–water partition coefficient (Wildman–Crippen LogP) is 4.27. The number of hydrogen-bond acceptors (Lipinski definition) is 3. The first-order chi connectivity index (χ1) is 10.4. The van der Waals surface area contributed by atoms with Crippen molar-refractivity contribution < 1.29 is 14.6 Å². The Bertz CT molecular complexity index is 587. The number of rotatable bonds is 3. The molecule has 1 aromatic carbocycles. The molecule has 1 atom stereocenters. The molecule has 1 unspecified atom stereocenters. The van der Waals surface area contributed by atoms with Gasteiger partial charge in [-0.05, 0) is 34.4 Å². The molecular weight excluding hydrogens is 288 g/mol. The van der Waals surface area contributed by atoms with Crippen LogP contribution in [0, 0.1) is 12.3 Å². The molecule has 3 nitrogen and oxygen atoms in total. The van der Waals surface area contributed by atoms with E-state index in [0.29, 0.717) is 5.75 Å². The lowest BCUT2D eigenvalue weighted by molar-refractivity contribution is -0.143. The lowest BCUT2D eigenvalue weighted by Crippen LogP contribution is -2.20. The monoisotopic (exact) mass is 316 g/mol. The van der Waals surface area contributed by atoms with Gasteiger partial charge in [0.05, 0.1) is 5.92 Å². The second-order valence-electron chi connectivity index (χ2n) is 8.00. The highest BCUT2D eigenvalue weighted by atomic mass is 16.5. The van der Waals surface area contributed by atoms with Crippen molar-refractivity contribution in [1.29, 1.82) is 0 Å². The highest BCUT2D eigenvalue weighted by Crippen LogP contribution is 2.41. The SMILES string of the molecule is C#CCOC(=O)C(C)c1cc(C(C)(C)C)c(O)c(C(C)(C)C)c1. The molecular formula is C20H28O3. The molecule has 0 amide bonds. The number of benzene rings is 1. The number of terminal acetylenes is 1. The Morgan fingerprint density at radius 3 is 1.96 bits per heavy atom. The van der Waals surface area contributed by atoms with Crippen LogP contribution in [0.3, 0.4) is 0 Å². The molecule has 126 valence electrons. The van der Waals surface area contributed by atoms with E-state index in [-0.39, 0.29) is 23.4 Å². The van der Waals surface area contributed by atoms with Gasteiger partial charge in [-0.2, -0.15) is 0 Å². The Morgan fingerprint density at radius 1 is 1.17 bits per heavy atom. The quantitative estimate of drug-likeness (QED) is 0.669. The first-order valence-electron chi connectivity index (χ1n) is 7.87. The summed E-state index contributed by atoms with van der Waals surface area (Å²) in [5.41, 5.74) is 2.03. The van der Waals surface area contributed by atoms with E-state index in [4.69, 9.17) is 11.2 Å². The van der Waals surface area contributed by atoms with Crippen LogP contribution in [0.25, 0.3) is 0 Å². The fraction of sp³-hybridized carbons (Fsp3) is 0.550. The minimum absolute atomic E-state index is 0.0283. The van der Waals surface area contributed by atoms with Crippen molar-refractivity contribution in [3.63, 3.8) is 0 Å². The molecule has 0 radical (unpaired) electrons. The molecule has 0 fully saturated rings. The van der Waals surface area contributed by atoms with Crippen molar-refractivity contribution in [3.8, 4) is 18.1 Å². The maximum atomic E-state index is 12.1. The van der Waals surface area contributed by atoms with Crippen molar-refractivity contribution in [3.05, 3.63) is 28.8 Å². The van der Waals surface area contributed by atoms with Crippen LogP contribution in [0.1, 0.15) is 71.1 Å². The predicted molar refractivity (Wildman–Crippen MR) is 93.7 cm³/mol. The van der Waals surface area contributed by atoms with Crippen molar-refractivity contribution in [2.45, 2.75) is 65.2 Å². The molecule has 1 aromatic rings. The summed E-state index contributed by atoms with van der Waals surface area (Å²) in [5.74, 6) is 1.81.